The molecule has 0 saturated carbocycles. The van der Waals surface area contributed by atoms with Crippen LogP contribution in [0.2, 0.25) is 0 Å². The van der Waals surface area contributed by atoms with Crippen LogP contribution in [0.4, 0.5) is 0 Å². The maximum Gasteiger partial charge on any atom is 0.268 e. The fourth-order valence-corrected chi connectivity index (χ4v) is 2.61. The minimum absolute atomic E-state index is 0.153. The molecule has 0 aliphatic carbocycles. The lowest BCUT2D eigenvalue weighted by atomic mass is 10.1. The van der Waals surface area contributed by atoms with Gasteiger partial charge in [-0.05, 0) is 48.0 Å². The number of benzene rings is 2. The number of rotatable bonds is 6. The molecule has 0 bridgehead atoms. The number of furan rings is 1. The Hall–Kier alpha value is -3.12. The van der Waals surface area contributed by atoms with E-state index >= 15 is 0 Å². The van der Waals surface area contributed by atoms with Gasteiger partial charge in [-0.15, -0.1) is 0 Å². The predicted octanol–water partition coefficient (Wildman–Crippen LogP) is 4.13. The van der Waals surface area contributed by atoms with Crippen molar-refractivity contribution in [2.24, 2.45) is 0 Å². The zero-order valence-electron chi connectivity index (χ0n) is 14.3. The van der Waals surface area contributed by atoms with E-state index in [9.17, 15) is 9.59 Å². The van der Waals surface area contributed by atoms with Crippen molar-refractivity contribution in [2.45, 2.75) is 6.54 Å². The molecule has 1 heterocycles. The Bertz CT molecular complexity index is 933. The molecule has 2 aromatic carbocycles. The highest BCUT2D eigenvalue weighted by Crippen LogP contribution is 2.12. The Morgan fingerprint density at radius 2 is 1.70 bits per heavy atom. The third kappa shape index (κ3) is 5.43. The minimum atomic E-state index is -0.402. The number of hydrogen-bond donors (Lipinski definition) is 2. The van der Waals surface area contributed by atoms with Gasteiger partial charge in [-0.2, -0.15) is 0 Å². The fraction of sp³-hybridized carbons (Fsp3) is 0.0476. The van der Waals surface area contributed by atoms with Crippen LogP contribution < -0.4 is 10.6 Å². The largest absolute Gasteiger partial charge is 0.467 e. The summed E-state index contributed by atoms with van der Waals surface area (Å²) in [5.74, 6) is -0.139. The summed E-state index contributed by atoms with van der Waals surface area (Å²) in [7, 11) is 0. The Balaban J connectivity index is 1.78. The summed E-state index contributed by atoms with van der Waals surface area (Å²) in [6.07, 6.45) is 3.17. The number of carbonyl (C=O) groups is 2. The van der Waals surface area contributed by atoms with Gasteiger partial charge in [0.1, 0.15) is 11.5 Å². The molecule has 0 unspecified atom stereocenters. The number of amides is 2. The molecule has 0 radical (unpaired) electrons. The average molecular weight is 425 g/mol. The van der Waals surface area contributed by atoms with Crippen molar-refractivity contribution < 1.29 is 14.0 Å². The Kier molecular flexibility index (Phi) is 6.22. The van der Waals surface area contributed by atoms with Crippen molar-refractivity contribution in [1.82, 2.24) is 10.6 Å². The average Bonchev–Trinajstić information content (AvgIpc) is 3.20. The van der Waals surface area contributed by atoms with Crippen molar-refractivity contribution in [3.8, 4) is 0 Å². The van der Waals surface area contributed by atoms with Crippen LogP contribution in [-0.4, -0.2) is 11.8 Å². The first-order chi connectivity index (χ1) is 13.1. The summed E-state index contributed by atoms with van der Waals surface area (Å²) in [4.78, 5) is 25.1. The van der Waals surface area contributed by atoms with Gasteiger partial charge in [-0.25, -0.2) is 0 Å². The summed E-state index contributed by atoms with van der Waals surface area (Å²) < 4.78 is 6.09. The second-order valence-electron chi connectivity index (χ2n) is 5.69. The molecule has 0 aliphatic heterocycles. The number of hydrogen-bond acceptors (Lipinski definition) is 3. The molecule has 136 valence electrons. The Morgan fingerprint density at radius 3 is 2.37 bits per heavy atom. The van der Waals surface area contributed by atoms with Gasteiger partial charge in [-0.1, -0.05) is 46.3 Å². The van der Waals surface area contributed by atoms with Crippen LogP contribution in [0.3, 0.4) is 0 Å². The van der Waals surface area contributed by atoms with Gasteiger partial charge < -0.3 is 15.1 Å². The fourth-order valence-electron chi connectivity index (χ4n) is 2.35. The van der Waals surface area contributed by atoms with E-state index in [0.717, 1.165) is 10.0 Å². The quantitative estimate of drug-likeness (QED) is 0.584. The topological polar surface area (TPSA) is 71.3 Å². The SMILES string of the molecule is O=C(NCc1ccco1)/C(=C\c1ccccc1)NC(=O)c1ccc(Br)cc1. The van der Waals surface area contributed by atoms with Crippen LogP contribution in [0.5, 0.6) is 0 Å². The Morgan fingerprint density at radius 1 is 0.963 bits per heavy atom. The van der Waals surface area contributed by atoms with Gasteiger partial charge in [0, 0.05) is 10.0 Å². The highest BCUT2D eigenvalue weighted by molar-refractivity contribution is 9.10. The van der Waals surface area contributed by atoms with E-state index < -0.39 is 5.91 Å². The van der Waals surface area contributed by atoms with Crippen LogP contribution in [0.1, 0.15) is 21.7 Å². The molecule has 2 N–H and O–H groups in total. The van der Waals surface area contributed by atoms with E-state index in [4.69, 9.17) is 4.42 Å². The highest BCUT2D eigenvalue weighted by atomic mass is 79.9. The molecular formula is C21H17BrN2O3. The lowest BCUT2D eigenvalue weighted by Crippen LogP contribution is -2.34. The molecule has 1 aromatic heterocycles. The predicted molar refractivity (Wildman–Crippen MR) is 107 cm³/mol. The van der Waals surface area contributed by atoms with Crippen molar-refractivity contribution in [1.29, 1.82) is 0 Å². The minimum Gasteiger partial charge on any atom is -0.467 e. The van der Waals surface area contributed by atoms with E-state index in [1.165, 1.54) is 6.26 Å². The zero-order chi connectivity index (χ0) is 19.1. The number of nitrogens with one attached hydrogen (secondary N) is 2. The second kappa shape index (κ2) is 9.00. The molecule has 0 fully saturated rings. The molecule has 27 heavy (non-hydrogen) atoms. The van der Waals surface area contributed by atoms with Crippen molar-refractivity contribution in [3.63, 3.8) is 0 Å². The van der Waals surface area contributed by atoms with Gasteiger partial charge in [0.15, 0.2) is 0 Å². The lowest BCUT2D eigenvalue weighted by Gasteiger charge is -2.11. The summed E-state index contributed by atoms with van der Waals surface area (Å²) in [6, 6.07) is 19.7. The summed E-state index contributed by atoms with van der Waals surface area (Å²) in [5.41, 5.74) is 1.41. The van der Waals surface area contributed by atoms with Crippen LogP contribution >= 0.6 is 15.9 Å². The molecule has 0 aliphatic rings. The monoisotopic (exact) mass is 424 g/mol. The van der Waals surface area contributed by atoms with Crippen molar-refractivity contribution >= 4 is 33.8 Å². The third-order valence-electron chi connectivity index (χ3n) is 3.71. The van der Waals surface area contributed by atoms with Crippen LogP contribution in [0, 0.1) is 0 Å². The standard InChI is InChI=1S/C21H17BrN2O3/c22-17-10-8-16(9-11-17)20(25)24-19(13-15-5-2-1-3-6-15)21(26)23-14-18-7-4-12-27-18/h1-13H,14H2,(H,23,26)(H,24,25)/b19-13+. The van der Waals surface area contributed by atoms with Crippen LogP contribution in [-0.2, 0) is 11.3 Å². The molecule has 0 saturated heterocycles. The van der Waals surface area contributed by atoms with Crippen molar-refractivity contribution in [2.75, 3.05) is 0 Å². The van der Waals surface area contributed by atoms with Gasteiger partial charge in [0.25, 0.3) is 11.8 Å². The zero-order valence-corrected chi connectivity index (χ0v) is 15.9. The van der Waals surface area contributed by atoms with Crippen LogP contribution in [0.15, 0.2) is 87.6 Å². The summed E-state index contributed by atoms with van der Waals surface area (Å²) in [6.45, 7) is 0.228. The molecule has 6 heteroatoms. The first-order valence-electron chi connectivity index (χ1n) is 8.26. The molecule has 2 amide bonds. The molecular weight excluding hydrogens is 408 g/mol. The van der Waals surface area contributed by atoms with E-state index in [1.54, 1.807) is 42.5 Å². The summed E-state index contributed by atoms with van der Waals surface area (Å²) >= 11 is 3.34. The smallest absolute Gasteiger partial charge is 0.268 e. The van der Waals surface area contributed by atoms with Gasteiger partial charge in [0.05, 0.1) is 12.8 Å². The van der Waals surface area contributed by atoms with Gasteiger partial charge >= 0.3 is 0 Å². The van der Waals surface area contributed by atoms with E-state index in [1.807, 2.05) is 30.3 Å². The molecule has 3 aromatic rings. The van der Waals surface area contributed by atoms with Crippen LogP contribution in [0.25, 0.3) is 6.08 Å². The first kappa shape index (κ1) is 18.7. The van der Waals surface area contributed by atoms with E-state index in [-0.39, 0.29) is 18.1 Å². The van der Waals surface area contributed by atoms with Gasteiger partial charge in [-0.3, -0.25) is 9.59 Å². The number of carbonyl (C=O) groups excluding carboxylic acids is 2. The number of halogens is 1. The molecule has 0 spiro atoms. The van der Waals surface area contributed by atoms with E-state index in [0.29, 0.717) is 11.3 Å². The highest BCUT2D eigenvalue weighted by Gasteiger charge is 2.15. The molecule has 0 atom stereocenters. The van der Waals surface area contributed by atoms with Gasteiger partial charge in [0.2, 0.25) is 0 Å². The summed E-state index contributed by atoms with van der Waals surface area (Å²) in [5, 5.41) is 5.44. The normalized spacial score (nSPS) is 11.1. The molecule has 5 nitrogen and oxygen atoms in total. The second-order valence-corrected chi connectivity index (χ2v) is 6.61. The lowest BCUT2D eigenvalue weighted by molar-refractivity contribution is -0.118. The Labute approximate surface area is 165 Å². The molecule has 3 rings (SSSR count). The third-order valence-corrected chi connectivity index (χ3v) is 4.24. The van der Waals surface area contributed by atoms with E-state index in [2.05, 4.69) is 26.6 Å². The first-order valence-corrected chi connectivity index (χ1v) is 9.05. The maximum atomic E-state index is 12.6. The maximum absolute atomic E-state index is 12.6. The van der Waals surface area contributed by atoms with Crippen molar-refractivity contribution in [3.05, 3.63) is 100 Å².